The Balaban J connectivity index is 3.11. The molecule has 1 atom stereocenters. The fraction of sp³-hybridized carbons (Fsp3) is 0.455. The van der Waals surface area contributed by atoms with E-state index >= 15 is 0 Å². The van der Waals surface area contributed by atoms with Gasteiger partial charge in [-0.25, -0.2) is 0 Å². The van der Waals surface area contributed by atoms with Crippen molar-refractivity contribution in [1.82, 2.24) is 0 Å². The van der Waals surface area contributed by atoms with Crippen LogP contribution >= 0.6 is 11.3 Å². The van der Waals surface area contributed by atoms with Crippen molar-refractivity contribution < 1.29 is 10.0 Å². The van der Waals surface area contributed by atoms with Gasteiger partial charge in [-0.2, -0.15) is 0 Å². The number of hydrogen-bond acceptors (Lipinski definition) is 5. The Morgan fingerprint density at radius 1 is 1.76 bits per heavy atom. The van der Waals surface area contributed by atoms with Crippen LogP contribution in [-0.2, 0) is 0 Å². The smallest absolute Gasteiger partial charge is 0.304 e. The molecule has 0 saturated heterocycles. The van der Waals surface area contributed by atoms with Gasteiger partial charge in [-0.3, -0.25) is 10.1 Å². The molecule has 1 N–H and O–H groups in total. The first kappa shape index (κ1) is 13.7. The zero-order chi connectivity index (χ0) is 13.2. The van der Waals surface area contributed by atoms with Crippen molar-refractivity contribution in [3.63, 3.8) is 0 Å². The Labute approximate surface area is 104 Å². The maximum atomic E-state index is 10.9. The van der Waals surface area contributed by atoms with Crippen LogP contribution in [0.2, 0.25) is 0 Å². The fourth-order valence-corrected chi connectivity index (χ4v) is 2.50. The second-order valence-electron chi connectivity index (χ2n) is 4.09. The SMILES string of the molecule is C=C(C)CN(C)c1sc([C@H](C)O)cc1[N+](=O)[O-]. The summed E-state index contributed by atoms with van der Waals surface area (Å²) in [5.41, 5.74) is 0.962. The van der Waals surface area contributed by atoms with Crippen molar-refractivity contribution in [1.29, 1.82) is 0 Å². The van der Waals surface area contributed by atoms with Crippen molar-refractivity contribution in [2.24, 2.45) is 0 Å². The predicted molar refractivity (Wildman–Crippen MR) is 69.7 cm³/mol. The summed E-state index contributed by atoms with van der Waals surface area (Å²) in [6.07, 6.45) is -0.689. The second kappa shape index (κ2) is 5.29. The molecular formula is C11H16N2O3S. The number of hydrogen-bond donors (Lipinski definition) is 1. The van der Waals surface area contributed by atoms with Gasteiger partial charge in [0.2, 0.25) is 0 Å². The third-order valence-corrected chi connectivity index (χ3v) is 3.58. The average Bonchev–Trinajstić information content (AvgIpc) is 2.60. The highest BCUT2D eigenvalue weighted by Gasteiger charge is 2.23. The Kier molecular flexibility index (Phi) is 4.25. The van der Waals surface area contributed by atoms with Crippen LogP contribution in [0.3, 0.4) is 0 Å². The van der Waals surface area contributed by atoms with Gasteiger partial charge < -0.3 is 10.0 Å². The van der Waals surface area contributed by atoms with Crippen LogP contribution in [0.1, 0.15) is 24.8 Å². The van der Waals surface area contributed by atoms with Gasteiger partial charge in [0.1, 0.15) is 0 Å². The van der Waals surface area contributed by atoms with Gasteiger partial charge in [0, 0.05) is 24.5 Å². The number of rotatable bonds is 5. The number of aliphatic hydroxyl groups is 1. The molecule has 94 valence electrons. The molecular weight excluding hydrogens is 240 g/mol. The van der Waals surface area contributed by atoms with Gasteiger partial charge in [0.05, 0.1) is 11.0 Å². The molecule has 0 radical (unpaired) electrons. The van der Waals surface area contributed by atoms with Crippen LogP contribution in [0.4, 0.5) is 10.7 Å². The van der Waals surface area contributed by atoms with Crippen LogP contribution in [0.25, 0.3) is 0 Å². The van der Waals surface area contributed by atoms with E-state index < -0.39 is 11.0 Å². The van der Waals surface area contributed by atoms with Crippen molar-refractivity contribution in [3.8, 4) is 0 Å². The quantitative estimate of drug-likeness (QED) is 0.499. The maximum absolute atomic E-state index is 10.9. The number of aliphatic hydroxyl groups excluding tert-OH is 1. The summed E-state index contributed by atoms with van der Waals surface area (Å²) in [6, 6.07) is 1.43. The lowest BCUT2D eigenvalue weighted by Gasteiger charge is -2.16. The van der Waals surface area contributed by atoms with Crippen LogP contribution < -0.4 is 4.90 Å². The molecule has 1 aromatic rings. The summed E-state index contributed by atoms with van der Waals surface area (Å²) < 4.78 is 0. The van der Waals surface area contributed by atoms with E-state index in [1.165, 1.54) is 17.4 Å². The Morgan fingerprint density at radius 3 is 2.76 bits per heavy atom. The highest BCUT2D eigenvalue weighted by Crippen LogP contribution is 2.39. The van der Waals surface area contributed by atoms with E-state index in [0.29, 0.717) is 16.4 Å². The lowest BCUT2D eigenvalue weighted by atomic mass is 10.3. The minimum absolute atomic E-state index is 0.0367. The Morgan fingerprint density at radius 2 is 2.35 bits per heavy atom. The number of likely N-dealkylation sites (N-methyl/N-ethyl adjacent to an activating group) is 1. The summed E-state index contributed by atoms with van der Waals surface area (Å²) in [5, 5.41) is 20.9. The molecule has 1 heterocycles. The van der Waals surface area contributed by atoms with E-state index in [9.17, 15) is 15.2 Å². The molecule has 0 aliphatic carbocycles. The minimum atomic E-state index is -0.689. The van der Waals surface area contributed by atoms with E-state index in [1.807, 2.05) is 6.92 Å². The zero-order valence-electron chi connectivity index (χ0n) is 10.1. The summed E-state index contributed by atoms with van der Waals surface area (Å²) >= 11 is 1.24. The summed E-state index contributed by atoms with van der Waals surface area (Å²) in [6.45, 7) is 7.80. The molecule has 0 spiro atoms. The van der Waals surface area contributed by atoms with Crippen LogP contribution in [0.5, 0.6) is 0 Å². The van der Waals surface area contributed by atoms with E-state index in [-0.39, 0.29) is 5.69 Å². The molecule has 0 aromatic carbocycles. The molecule has 1 rings (SSSR count). The van der Waals surface area contributed by atoms with Crippen LogP contribution in [0.15, 0.2) is 18.2 Å². The van der Waals surface area contributed by atoms with E-state index in [0.717, 1.165) is 5.57 Å². The average molecular weight is 256 g/mol. The third-order valence-electron chi connectivity index (χ3n) is 2.17. The number of anilines is 1. The molecule has 6 heteroatoms. The lowest BCUT2D eigenvalue weighted by molar-refractivity contribution is -0.383. The van der Waals surface area contributed by atoms with Gasteiger partial charge >= 0.3 is 5.69 Å². The lowest BCUT2D eigenvalue weighted by Crippen LogP contribution is -2.18. The molecule has 5 nitrogen and oxygen atoms in total. The van der Waals surface area contributed by atoms with E-state index in [1.54, 1.807) is 18.9 Å². The first-order chi connectivity index (χ1) is 7.82. The summed E-state index contributed by atoms with van der Waals surface area (Å²) in [7, 11) is 1.78. The van der Waals surface area contributed by atoms with Gasteiger partial charge in [-0.1, -0.05) is 12.2 Å². The number of nitro groups is 1. The normalized spacial score (nSPS) is 12.2. The Bertz CT molecular complexity index is 440. The monoisotopic (exact) mass is 256 g/mol. The summed E-state index contributed by atoms with van der Waals surface area (Å²) in [5.74, 6) is 0. The van der Waals surface area contributed by atoms with Gasteiger partial charge in [-0.15, -0.1) is 11.3 Å². The third kappa shape index (κ3) is 3.28. The highest BCUT2D eigenvalue weighted by atomic mass is 32.1. The first-order valence-corrected chi connectivity index (χ1v) is 5.96. The van der Waals surface area contributed by atoms with Crippen LogP contribution in [0, 0.1) is 10.1 Å². The van der Waals surface area contributed by atoms with E-state index in [2.05, 4.69) is 6.58 Å². The van der Waals surface area contributed by atoms with Crippen LogP contribution in [-0.4, -0.2) is 23.6 Å². The van der Waals surface area contributed by atoms with Crippen molar-refractivity contribution >= 4 is 22.0 Å². The first-order valence-electron chi connectivity index (χ1n) is 5.14. The zero-order valence-corrected chi connectivity index (χ0v) is 11.0. The molecule has 1 aromatic heterocycles. The van der Waals surface area contributed by atoms with Crippen molar-refractivity contribution in [2.75, 3.05) is 18.5 Å². The van der Waals surface area contributed by atoms with E-state index in [4.69, 9.17) is 0 Å². The molecule has 0 amide bonds. The van der Waals surface area contributed by atoms with Crippen molar-refractivity contribution in [3.05, 3.63) is 33.2 Å². The molecule has 0 fully saturated rings. The van der Waals surface area contributed by atoms with Crippen molar-refractivity contribution in [2.45, 2.75) is 20.0 Å². The minimum Gasteiger partial charge on any atom is -0.388 e. The van der Waals surface area contributed by atoms with Gasteiger partial charge in [0.15, 0.2) is 5.00 Å². The maximum Gasteiger partial charge on any atom is 0.304 e. The number of thiophene rings is 1. The Hall–Kier alpha value is -1.40. The molecule has 0 aliphatic rings. The molecule has 0 saturated carbocycles. The topological polar surface area (TPSA) is 66.6 Å². The molecule has 17 heavy (non-hydrogen) atoms. The molecule has 0 aliphatic heterocycles. The highest BCUT2D eigenvalue weighted by molar-refractivity contribution is 7.16. The van der Waals surface area contributed by atoms with Gasteiger partial charge in [0.25, 0.3) is 0 Å². The summed E-state index contributed by atoms with van der Waals surface area (Å²) in [4.78, 5) is 12.9. The fourth-order valence-electron chi connectivity index (χ4n) is 1.48. The predicted octanol–water partition coefficient (Wildman–Crippen LogP) is 2.72. The van der Waals surface area contributed by atoms with Gasteiger partial charge in [-0.05, 0) is 13.8 Å². The number of nitrogens with zero attached hydrogens (tertiary/aromatic N) is 2. The standard InChI is InChI=1S/C11H16N2O3S/c1-7(2)6-12(4)11-9(13(15)16)5-10(17-11)8(3)14/h5,8,14H,1,6H2,2-4H3/t8-/m0/s1. The molecule has 0 bridgehead atoms. The second-order valence-corrected chi connectivity index (χ2v) is 5.15. The largest absolute Gasteiger partial charge is 0.388 e. The molecule has 0 unspecified atom stereocenters.